The summed E-state index contributed by atoms with van der Waals surface area (Å²) < 4.78 is 2.47. The Balaban J connectivity index is 1.11. The smallest absolute Gasteiger partial charge is 0.115 e. The van der Waals surface area contributed by atoms with Gasteiger partial charge in [-0.1, -0.05) is 158 Å². The molecule has 0 saturated carbocycles. The summed E-state index contributed by atoms with van der Waals surface area (Å²) in [7, 11) is 0. The second kappa shape index (κ2) is 12.4. The van der Waals surface area contributed by atoms with E-state index in [9.17, 15) is 0 Å². The van der Waals surface area contributed by atoms with Crippen molar-refractivity contribution in [2.24, 2.45) is 0 Å². The first-order valence-electron chi connectivity index (χ1n) is 21.4. The molecule has 0 radical (unpaired) electrons. The van der Waals surface area contributed by atoms with E-state index >= 15 is 0 Å². The van der Waals surface area contributed by atoms with Crippen LogP contribution in [0.25, 0.3) is 104 Å². The van der Waals surface area contributed by atoms with E-state index < -0.39 is 5.41 Å². The van der Waals surface area contributed by atoms with E-state index in [1.807, 2.05) is 6.20 Å². The summed E-state index contributed by atoms with van der Waals surface area (Å²) >= 11 is 0. The van der Waals surface area contributed by atoms with E-state index in [2.05, 4.69) is 210 Å². The molecule has 1 atom stereocenters. The standard InChI is InChI=1S/C59H35N3/c1-3-15-36(16-4-1)56-43-22-9-11-24-45(43)57(46-25-12-10-23-44(46)56)39-27-28-42-50-34-60-35-61-58(50)59(52(42)30-39)51-26-14-13-21-41(51)47-32-49-48-29-37-17-7-8-18-38(37)31-54(48)62(55(49)33-53(47)59)40-19-5-2-6-20-40/h1-35H. The van der Waals surface area contributed by atoms with Gasteiger partial charge in [0.25, 0.3) is 0 Å². The fraction of sp³-hybridized carbons (Fsp3) is 0.0169. The van der Waals surface area contributed by atoms with Crippen LogP contribution in [0.1, 0.15) is 22.4 Å². The van der Waals surface area contributed by atoms with Gasteiger partial charge in [0.15, 0.2) is 0 Å². The van der Waals surface area contributed by atoms with E-state index in [1.54, 1.807) is 6.33 Å². The monoisotopic (exact) mass is 785 g/mol. The fourth-order valence-electron chi connectivity index (χ4n) is 11.4. The molecule has 2 aliphatic carbocycles. The first-order valence-corrected chi connectivity index (χ1v) is 21.4. The number of rotatable bonds is 3. The molecule has 2 aromatic heterocycles. The van der Waals surface area contributed by atoms with Crippen LogP contribution in [0.5, 0.6) is 0 Å². The van der Waals surface area contributed by atoms with Crippen molar-refractivity contribution < 1.29 is 0 Å². The predicted molar refractivity (Wildman–Crippen MR) is 256 cm³/mol. The molecule has 286 valence electrons. The SMILES string of the molecule is c1ccc(-c2c3ccccc3c(-c3ccc4c(c3)C3(c5ccccc5-c5cc6c7cc8ccccc8cc7n(-c7ccccc7)c6cc53)c3ncncc3-4)c3ccccc23)cc1. The summed E-state index contributed by atoms with van der Waals surface area (Å²) in [5.41, 5.74) is 17.3. The van der Waals surface area contributed by atoms with Gasteiger partial charge in [-0.25, -0.2) is 9.97 Å². The Kier molecular flexibility index (Phi) is 6.76. The lowest BCUT2D eigenvalue weighted by molar-refractivity contribution is 0.756. The summed E-state index contributed by atoms with van der Waals surface area (Å²) in [6, 6.07) is 74.2. The van der Waals surface area contributed by atoms with E-state index in [4.69, 9.17) is 4.98 Å². The molecule has 1 spiro atoms. The average molecular weight is 786 g/mol. The van der Waals surface area contributed by atoms with Crippen molar-refractivity contribution in [3.8, 4) is 50.2 Å². The van der Waals surface area contributed by atoms with Crippen molar-refractivity contribution in [1.29, 1.82) is 0 Å². The zero-order valence-electron chi connectivity index (χ0n) is 33.5. The van der Waals surface area contributed by atoms with Crippen LogP contribution in [-0.2, 0) is 5.41 Å². The minimum absolute atomic E-state index is 0.679. The highest BCUT2D eigenvalue weighted by atomic mass is 15.0. The molecular weight excluding hydrogens is 751 g/mol. The summed E-state index contributed by atoms with van der Waals surface area (Å²) in [4.78, 5) is 9.94. The van der Waals surface area contributed by atoms with Gasteiger partial charge in [-0.05, 0) is 130 Å². The minimum atomic E-state index is -0.679. The third-order valence-corrected chi connectivity index (χ3v) is 13.9. The number of benzene rings is 10. The number of fused-ring (bicyclic) bond motifs is 16. The molecule has 1 unspecified atom stereocenters. The van der Waals surface area contributed by atoms with Crippen molar-refractivity contribution in [1.82, 2.24) is 14.5 Å². The van der Waals surface area contributed by atoms with Gasteiger partial charge in [-0.15, -0.1) is 0 Å². The molecule has 0 saturated heterocycles. The highest BCUT2D eigenvalue weighted by Gasteiger charge is 2.53. The third-order valence-electron chi connectivity index (χ3n) is 13.9. The number of hydrogen-bond donors (Lipinski definition) is 0. The molecule has 2 heterocycles. The number of para-hydroxylation sites is 1. The summed E-state index contributed by atoms with van der Waals surface area (Å²) in [6.45, 7) is 0. The Morgan fingerprint density at radius 2 is 0.935 bits per heavy atom. The van der Waals surface area contributed by atoms with Crippen LogP contribution in [0.4, 0.5) is 0 Å². The third kappa shape index (κ3) is 4.34. The Morgan fingerprint density at radius 3 is 1.68 bits per heavy atom. The first-order chi connectivity index (χ1) is 30.8. The maximum atomic E-state index is 5.28. The molecular formula is C59H35N3. The van der Waals surface area contributed by atoms with Gasteiger partial charge in [0.05, 0.1) is 22.1 Å². The van der Waals surface area contributed by atoms with Crippen molar-refractivity contribution in [3.05, 3.63) is 235 Å². The molecule has 0 fully saturated rings. The summed E-state index contributed by atoms with van der Waals surface area (Å²) in [5.74, 6) is 0. The molecule has 0 aliphatic heterocycles. The van der Waals surface area contributed by atoms with Gasteiger partial charge >= 0.3 is 0 Å². The topological polar surface area (TPSA) is 30.7 Å². The van der Waals surface area contributed by atoms with Crippen LogP contribution in [0.2, 0.25) is 0 Å². The lowest BCUT2D eigenvalue weighted by Crippen LogP contribution is -2.27. The highest BCUT2D eigenvalue weighted by Crippen LogP contribution is 2.63. The van der Waals surface area contributed by atoms with Gasteiger partial charge in [-0.2, -0.15) is 0 Å². The molecule has 3 nitrogen and oxygen atoms in total. The minimum Gasteiger partial charge on any atom is -0.309 e. The van der Waals surface area contributed by atoms with Crippen LogP contribution in [0, 0.1) is 0 Å². The van der Waals surface area contributed by atoms with E-state index in [1.165, 1.54) is 110 Å². The van der Waals surface area contributed by atoms with Crippen molar-refractivity contribution in [2.75, 3.05) is 0 Å². The van der Waals surface area contributed by atoms with Crippen LogP contribution in [-0.4, -0.2) is 14.5 Å². The van der Waals surface area contributed by atoms with Crippen LogP contribution in [0.3, 0.4) is 0 Å². The van der Waals surface area contributed by atoms with Crippen molar-refractivity contribution >= 4 is 54.1 Å². The fourth-order valence-corrected chi connectivity index (χ4v) is 11.4. The molecule has 10 aromatic carbocycles. The number of hydrogen-bond acceptors (Lipinski definition) is 2. The van der Waals surface area contributed by atoms with Crippen molar-refractivity contribution in [2.45, 2.75) is 5.41 Å². The summed E-state index contributed by atoms with van der Waals surface area (Å²) in [5, 5.41) is 9.93. The first kappa shape index (κ1) is 33.7. The van der Waals surface area contributed by atoms with Gasteiger partial charge in [0, 0.05) is 28.2 Å². The molecule has 2 aliphatic rings. The Labute approximate surface area is 357 Å². The summed E-state index contributed by atoms with van der Waals surface area (Å²) in [6.07, 6.45) is 3.77. The van der Waals surface area contributed by atoms with Gasteiger partial charge in [-0.3, -0.25) is 0 Å². The molecule has 0 amide bonds. The lowest BCUT2D eigenvalue weighted by Gasteiger charge is -2.30. The maximum Gasteiger partial charge on any atom is 0.115 e. The second-order valence-electron chi connectivity index (χ2n) is 16.9. The van der Waals surface area contributed by atoms with Gasteiger partial charge < -0.3 is 4.57 Å². The van der Waals surface area contributed by atoms with Crippen molar-refractivity contribution in [3.63, 3.8) is 0 Å². The normalized spacial score (nSPS) is 14.8. The number of nitrogens with zero attached hydrogens (tertiary/aromatic N) is 3. The van der Waals surface area contributed by atoms with E-state index in [-0.39, 0.29) is 0 Å². The Morgan fingerprint density at radius 1 is 0.371 bits per heavy atom. The Hall–Kier alpha value is -8.14. The van der Waals surface area contributed by atoms with Crippen LogP contribution < -0.4 is 0 Å². The molecule has 0 bridgehead atoms. The predicted octanol–water partition coefficient (Wildman–Crippen LogP) is 14.7. The largest absolute Gasteiger partial charge is 0.309 e. The zero-order chi connectivity index (χ0) is 40.5. The lowest BCUT2D eigenvalue weighted by atomic mass is 9.72. The molecule has 14 rings (SSSR count). The highest BCUT2D eigenvalue weighted by molar-refractivity contribution is 6.22. The quantitative estimate of drug-likeness (QED) is 0.167. The molecule has 12 aromatic rings. The molecule has 0 N–H and O–H groups in total. The van der Waals surface area contributed by atoms with Gasteiger partial charge in [0.2, 0.25) is 0 Å². The molecule has 62 heavy (non-hydrogen) atoms. The van der Waals surface area contributed by atoms with Crippen LogP contribution >= 0.6 is 0 Å². The maximum absolute atomic E-state index is 5.28. The molecule has 3 heteroatoms. The Bertz CT molecular complexity index is 3810. The van der Waals surface area contributed by atoms with E-state index in [0.29, 0.717) is 0 Å². The van der Waals surface area contributed by atoms with Gasteiger partial charge in [0.1, 0.15) is 6.33 Å². The van der Waals surface area contributed by atoms with E-state index in [0.717, 1.165) is 16.9 Å². The second-order valence-corrected chi connectivity index (χ2v) is 16.9. The zero-order valence-corrected chi connectivity index (χ0v) is 33.5. The number of aromatic nitrogens is 3. The van der Waals surface area contributed by atoms with Crippen LogP contribution in [0.15, 0.2) is 213 Å². The average Bonchev–Trinajstić information content (AvgIpc) is 3.92.